The molecule has 3 aromatic rings. The lowest BCUT2D eigenvalue weighted by atomic mass is 10.1. The van der Waals surface area contributed by atoms with Crippen LogP contribution in [0.15, 0.2) is 66.7 Å². The summed E-state index contributed by atoms with van der Waals surface area (Å²) >= 11 is 6.17. The average Bonchev–Trinajstić information content (AvgIpc) is 3.15. The molecule has 1 fully saturated rings. The van der Waals surface area contributed by atoms with Crippen LogP contribution in [0.1, 0.15) is 27.1 Å². The third-order valence-corrected chi connectivity index (χ3v) is 7.27. The Hall–Kier alpha value is -3.43. The minimum Gasteiger partial charge on any atom is -0.322 e. The lowest BCUT2D eigenvalue weighted by molar-refractivity contribution is 0.101. The van der Waals surface area contributed by atoms with Gasteiger partial charge < -0.3 is 10.6 Å². The first kappa shape index (κ1) is 22.8. The van der Waals surface area contributed by atoms with Gasteiger partial charge in [-0.1, -0.05) is 29.8 Å². The highest BCUT2D eigenvalue weighted by Crippen LogP contribution is 2.29. The van der Waals surface area contributed by atoms with Crippen LogP contribution in [-0.2, 0) is 10.0 Å². The molecule has 0 spiro atoms. The zero-order valence-corrected chi connectivity index (χ0v) is 18.8. The van der Waals surface area contributed by atoms with Crippen molar-refractivity contribution >= 4 is 50.5 Å². The Balaban J connectivity index is 1.50. The van der Waals surface area contributed by atoms with Crippen LogP contribution in [0.2, 0.25) is 5.02 Å². The second-order valence-electron chi connectivity index (χ2n) is 7.38. The fraction of sp³-hybridized carbons (Fsp3) is 0.130. The zero-order chi connectivity index (χ0) is 23.6. The van der Waals surface area contributed by atoms with Crippen molar-refractivity contribution in [2.45, 2.75) is 6.42 Å². The number of nitrogens with zero attached hydrogens (tertiary/aromatic N) is 1. The number of rotatable bonds is 5. The highest BCUT2D eigenvalue weighted by molar-refractivity contribution is 7.93. The van der Waals surface area contributed by atoms with E-state index in [1.54, 1.807) is 36.4 Å². The Morgan fingerprint density at radius 1 is 0.909 bits per heavy atom. The van der Waals surface area contributed by atoms with Gasteiger partial charge in [-0.25, -0.2) is 12.8 Å². The van der Waals surface area contributed by atoms with Crippen LogP contribution in [0, 0.1) is 5.82 Å². The number of hydrogen-bond acceptors (Lipinski definition) is 4. The number of amides is 2. The molecule has 170 valence electrons. The number of anilines is 3. The molecule has 1 saturated heterocycles. The van der Waals surface area contributed by atoms with Gasteiger partial charge in [0.15, 0.2) is 0 Å². The Morgan fingerprint density at radius 2 is 1.64 bits per heavy atom. The topological polar surface area (TPSA) is 95.6 Å². The smallest absolute Gasteiger partial charge is 0.255 e. The van der Waals surface area contributed by atoms with E-state index in [1.165, 1.54) is 24.3 Å². The minimum atomic E-state index is -3.54. The van der Waals surface area contributed by atoms with Crippen LogP contribution in [0.3, 0.4) is 0 Å². The normalized spacial score (nSPS) is 14.7. The molecule has 1 aliphatic heterocycles. The highest BCUT2D eigenvalue weighted by Gasteiger charge is 2.30. The van der Waals surface area contributed by atoms with Gasteiger partial charge in [-0.05, 0) is 55.0 Å². The monoisotopic (exact) mass is 487 g/mol. The standard InChI is InChI=1S/C23H19ClFN3O4S/c24-18-9-8-17(14-20(18)27-22(29)15-5-2-1-3-6-15)26-23(30)16-7-10-21(19(25)13-16)28-11-4-12-33(28,31)32/h1-3,5-10,13-14H,4,11-12H2,(H,26,30)(H,27,29). The lowest BCUT2D eigenvalue weighted by Crippen LogP contribution is -2.26. The van der Waals surface area contributed by atoms with Crippen molar-refractivity contribution < 1.29 is 22.4 Å². The van der Waals surface area contributed by atoms with E-state index in [0.29, 0.717) is 23.4 Å². The van der Waals surface area contributed by atoms with Gasteiger partial charge in [-0.2, -0.15) is 0 Å². The summed E-state index contributed by atoms with van der Waals surface area (Å²) in [6.07, 6.45) is 0.420. The van der Waals surface area contributed by atoms with Crippen molar-refractivity contribution in [1.29, 1.82) is 0 Å². The molecule has 0 saturated carbocycles. The number of benzene rings is 3. The summed E-state index contributed by atoms with van der Waals surface area (Å²) in [4.78, 5) is 25.0. The van der Waals surface area contributed by atoms with Gasteiger partial charge in [-0.15, -0.1) is 0 Å². The van der Waals surface area contributed by atoms with Crippen molar-refractivity contribution in [3.63, 3.8) is 0 Å². The first-order valence-corrected chi connectivity index (χ1v) is 12.0. The molecule has 1 heterocycles. The molecule has 2 amide bonds. The van der Waals surface area contributed by atoms with Crippen LogP contribution >= 0.6 is 11.6 Å². The molecule has 7 nitrogen and oxygen atoms in total. The first-order valence-electron chi connectivity index (χ1n) is 10.0. The number of halogens is 2. The summed E-state index contributed by atoms with van der Waals surface area (Å²) in [5.74, 6) is -1.81. The SMILES string of the molecule is O=C(Nc1ccc(Cl)c(NC(=O)c2ccccc2)c1)c1ccc(N2CCCS2(=O)=O)c(F)c1. The number of carbonyl (C=O) groups excluding carboxylic acids is 2. The quantitative estimate of drug-likeness (QED) is 0.553. The largest absolute Gasteiger partial charge is 0.322 e. The fourth-order valence-electron chi connectivity index (χ4n) is 3.45. The number of nitrogens with one attached hydrogen (secondary N) is 2. The van der Waals surface area contributed by atoms with Crippen LogP contribution < -0.4 is 14.9 Å². The minimum absolute atomic E-state index is 0.0117. The molecule has 2 N–H and O–H groups in total. The van der Waals surface area contributed by atoms with E-state index in [9.17, 15) is 22.4 Å². The predicted molar refractivity (Wildman–Crippen MR) is 126 cm³/mol. The zero-order valence-electron chi connectivity index (χ0n) is 17.2. The van der Waals surface area contributed by atoms with E-state index in [4.69, 9.17) is 11.6 Å². The van der Waals surface area contributed by atoms with Crippen molar-refractivity contribution in [3.05, 3.63) is 88.7 Å². The van der Waals surface area contributed by atoms with Gasteiger partial charge in [0.1, 0.15) is 5.82 Å². The molecule has 10 heteroatoms. The van der Waals surface area contributed by atoms with Gasteiger partial charge in [0.25, 0.3) is 11.8 Å². The van der Waals surface area contributed by atoms with Crippen LogP contribution in [-0.4, -0.2) is 32.5 Å². The molecule has 0 radical (unpaired) electrons. The Bertz CT molecular complexity index is 1330. The summed E-state index contributed by atoms with van der Waals surface area (Å²) in [6, 6.07) is 16.7. The maximum absolute atomic E-state index is 14.6. The fourth-order valence-corrected chi connectivity index (χ4v) is 5.18. The van der Waals surface area contributed by atoms with Gasteiger partial charge in [0, 0.05) is 23.4 Å². The highest BCUT2D eigenvalue weighted by atomic mass is 35.5. The Morgan fingerprint density at radius 3 is 2.30 bits per heavy atom. The van der Waals surface area contributed by atoms with Crippen LogP contribution in [0.5, 0.6) is 0 Å². The Labute approximate surface area is 195 Å². The third kappa shape index (κ3) is 4.99. The van der Waals surface area contributed by atoms with E-state index >= 15 is 0 Å². The number of hydrogen-bond donors (Lipinski definition) is 2. The van der Waals surface area contributed by atoms with Gasteiger partial charge in [-0.3, -0.25) is 13.9 Å². The molecular formula is C23H19ClFN3O4S. The molecule has 0 aliphatic carbocycles. The van der Waals surface area contributed by atoms with E-state index in [-0.39, 0.29) is 34.5 Å². The maximum Gasteiger partial charge on any atom is 0.255 e. The molecule has 0 atom stereocenters. The van der Waals surface area contributed by atoms with Crippen molar-refractivity contribution in [2.75, 3.05) is 27.2 Å². The van der Waals surface area contributed by atoms with E-state index in [1.807, 2.05) is 0 Å². The van der Waals surface area contributed by atoms with Crippen molar-refractivity contribution in [1.82, 2.24) is 0 Å². The predicted octanol–water partition coefficient (Wildman–Crippen LogP) is 4.52. The molecule has 3 aromatic carbocycles. The lowest BCUT2D eigenvalue weighted by Gasteiger charge is -2.18. The summed E-state index contributed by atoms with van der Waals surface area (Å²) in [5.41, 5.74) is 1.00. The summed E-state index contributed by atoms with van der Waals surface area (Å²) in [5, 5.41) is 5.59. The van der Waals surface area contributed by atoms with Crippen LogP contribution in [0.4, 0.5) is 21.5 Å². The number of carbonyl (C=O) groups is 2. The summed E-state index contributed by atoms with van der Waals surface area (Å²) < 4.78 is 39.7. The molecule has 33 heavy (non-hydrogen) atoms. The maximum atomic E-state index is 14.6. The molecule has 1 aliphatic rings. The molecule has 0 bridgehead atoms. The summed E-state index contributed by atoms with van der Waals surface area (Å²) in [7, 11) is -3.54. The molecular weight excluding hydrogens is 469 g/mol. The van der Waals surface area contributed by atoms with E-state index in [0.717, 1.165) is 10.4 Å². The third-order valence-electron chi connectivity index (χ3n) is 5.09. The molecule has 0 unspecified atom stereocenters. The molecule has 4 rings (SSSR count). The number of sulfonamides is 1. The van der Waals surface area contributed by atoms with E-state index in [2.05, 4.69) is 10.6 Å². The first-order chi connectivity index (χ1) is 15.7. The van der Waals surface area contributed by atoms with Crippen molar-refractivity contribution in [3.8, 4) is 0 Å². The molecule has 0 aromatic heterocycles. The van der Waals surface area contributed by atoms with Crippen LogP contribution in [0.25, 0.3) is 0 Å². The van der Waals surface area contributed by atoms with Gasteiger partial charge >= 0.3 is 0 Å². The van der Waals surface area contributed by atoms with Gasteiger partial charge in [0.2, 0.25) is 10.0 Å². The van der Waals surface area contributed by atoms with Crippen molar-refractivity contribution in [2.24, 2.45) is 0 Å². The average molecular weight is 488 g/mol. The summed E-state index contributed by atoms with van der Waals surface area (Å²) in [6.45, 7) is 0.201. The van der Waals surface area contributed by atoms with Gasteiger partial charge in [0.05, 0.1) is 22.2 Å². The second kappa shape index (κ2) is 9.21. The van der Waals surface area contributed by atoms with E-state index < -0.39 is 21.7 Å². The second-order valence-corrected chi connectivity index (χ2v) is 9.80. The Kier molecular flexibility index (Phi) is 6.35.